The SMILES string of the molecule is Cc1cccc(C#CC[NH+]2CCCC(C)C2)c1.[Cl-]. The normalized spacial score (nSPS) is 22.6. The molecule has 1 aromatic rings. The van der Waals surface area contributed by atoms with Gasteiger partial charge in [0.05, 0.1) is 13.1 Å². The van der Waals surface area contributed by atoms with Crippen molar-refractivity contribution in [3.63, 3.8) is 0 Å². The fourth-order valence-electron chi connectivity index (χ4n) is 2.55. The van der Waals surface area contributed by atoms with Crippen molar-refractivity contribution in [2.45, 2.75) is 26.7 Å². The molecule has 2 heteroatoms. The number of benzene rings is 1. The summed E-state index contributed by atoms with van der Waals surface area (Å²) in [5.41, 5.74) is 2.44. The predicted molar refractivity (Wildman–Crippen MR) is 72.0 cm³/mol. The summed E-state index contributed by atoms with van der Waals surface area (Å²) in [7, 11) is 0. The molecule has 2 atom stereocenters. The maximum Gasteiger partial charge on any atom is 0.139 e. The molecule has 0 bridgehead atoms. The fraction of sp³-hybridized carbons (Fsp3) is 0.500. The lowest BCUT2D eigenvalue weighted by molar-refractivity contribution is -0.901. The highest BCUT2D eigenvalue weighted by Crippen LogP contribution is 2.04. The first-order chi connectivity index (χ1) is 8.24. The van der Waals surface area contributed by atoms with E-state index in [4.69, 9.17) is 0 Å². The van der Waals surface area contributed by atoms with E-state index in [1.807, 2.05) is 0 Å². The van der Waals surface area contributed by atoms with Gasteiger partial charge in [-0.25, -0.2) is 0 Å². The second-order valence-electron chi connectivity index (χ2n) is 5.30. The van der Waals surface area contributed by atoms with Gasteiger partial charge in [0.1, 0.15) is 6.54 Å². The molecule has 0 spiro atoms. The van der Waals surface area contributed by atoms with E-state index in [2.05, 4.69) is 50.0 Å². The number of piperidine rings is 1. The molecule has 0 radical (unpaired) electrons. The summed E-state index contributed by atoms with van der Waals surface area (Å²) < 4.78 is 0. The third-order valence-electron chi connectivity index (χ3n) is 3.45. The van der Waals surface area contributed by atoms with Crippen LogP contribution in [0.3, 0.4) is 0 Å². The van der Waals surface area contributed by atoms with Crippen LogP contribution >= 0.6 is 0 Å². The minimum absolute atomic E-state index is 0. The maximum absolute atomic E-state index is 3.33. The van der Waals surface area contributed by atoms with Gasteiger partial charge in [0.25, 0.3) is 0 Å². The molecular formula is C16H22ClN. The highest BCUT2D eigenvalue weighted by atomic mass is 35.5. The first kappa shape index (κ1) is 15.1. The third kappa shape index (κ3) is 4.72. The molecule has 0 amide bonds. The monoisotopic (exact) mass is 263 g/mol. The first-order valence-corrected chi connectivity index (χ1v) is 6.63. The van der Waals surface area contributed by atoms with Crippen LogP contribution in [0.5, 0.6) is 0 Å². The minimum Gasteiger partial charge on any atom is -1.00 e. The van der Waals surface area contributed by atoms with Gasteiger partial charge in [0, 0.05) is 11.5 Å². The Labute approximate surface area is 117 Å². The Kier molecular flexibility index (Phi) is 6.25. The molecule has 2 unspecified atom stereocenters. The molecule has 1 heterocycles. The van der Waals surface area contributed by atoms with E-state index in [0.717, 1.165) is 18.0 Å². The number of nitrogens with one attached hydrogen (secondary N) is 1. The molecule has 2 rings (SSSR count). The van der Waals surface area contributed by atoms with Gasteiger partial charge in [-0.1, -0.05) is 25.0 Å². The maximum atomic E-state index is 3.33. The summed E-state index contributed by atoms with van der Waals surface area (Å²) in [5, 5.41) is 0. The molecule has 1 aliphatic heterocycles. The average molecular weight is 264 g/mol. The van der Waals surface area contributed by atoms with E-state index in [9.17, 15) is 0 Å². The molecular weight excluding hydrogens is 242 g/mol. The Morgan fingerprint density at radius 1 is 1.39 bits per heavy atom. The predicted octanol–water partition coefficient (Wildman–Crippen LogP) is -1.33. The number of aryl methyl sites for hydroxylation is 1. The quantitative estimate of drug-likeness (QED) is 0.599. The van der Waals surface area contributed by atoms with E-state index in [-0.39, 0.29) is 12.4 Å². The largest absolute Gasteiger partial charge is 1.00 e. The molecule has 1 N–H and O–H groups in total. The Balaban J connectivity index is 0.00000162. The molecule has 0 saturated carbocycles. The zero-order valence-corrected chi connectivity index (χ0v) is 12.1. The molecule has 98 valence electrons. The Bertz CT molecular complexity index is 430. The van der Waals surface area contributed by atoms with E-state index in [0.29, 0.717) is 0 Å². The van der Waals surface area contributed by atoms with Crippen LogP contribution in [0, 0.1) is 24.7 Å². The Morgan fingerprint density at radius 3 is 2.94 bits per heavy atom. The van der Waals surface area contributed by atoms with Crippen molar-refractivity contribution < 1.29 is 17.3 Å². The number of likely N-dealkylation sites (tertiary alicyclic amines) is 1. The minimum atomic E-state index is 0. The number of rotatable bonds is 1. The van der Waals surface area contributed by atoms with Crippen LogP contribution in [0.1, 0.15) is 30.9 Å². The molecule has 1 aliphatic rings. The standard InChI is InChI=1S/C16H21N.ClH/c1-14-6-3-8-16(12-14)9-5-11-17-10-4-7-15(2)13-17;/h3,6,8,12,15H,4,7,10-11,13H2,1-2H3;1H. The van der Waals surface area contributed by atoms with Crippen LogP contribution < -0.4 is 17.3 Å². The average Bonchev–Trinajstić information content (AvgIpc) is 2.29. The van der Waals surface area contributed by atoms with Crippen LogP contribution in [0.15, 0.2) is 24.3 Å². The van der Waals surface area contributed by atoms with Gasteiger partial charge in [-0.2, -0.15) is 0 Å². The fourth-order valence-corrected chi connectivity index (χ4v) is 2.55. The molecule has 18 heavy (non-hydrogen) atoms. The molecule has 1 aromatic carbocycles. The van der Waals surface area contributed by atoms with Gasteiger partial charge in [-0.15, -0.1) is 0 Å². The summed E-state index contributed by atoms with van der Waals surface area (Å²) in [6.07, 6.45) is 2.76. The summed E-state index contributed by atoms with van der Waals surface area (Å²) in [6, 6.07) is 8.44. The van der Waals surface area contributed by atoms with Gasteiger partial charge in [0.15, 0.2) is 0 Å². The lowest BCUT2D eigenvalue weighted by Crippen LogP contribution is -3.13. The highest BCUT2D eigenvalue weighted by molar-refractivity contribution is 5.36. The van der Waals surface area contributed by atoms with Crippen molar-refractivity contribution in [2.24, 2.45) is 5.92 Å². The summed E-state index contributed by atoms with van der Waals surface area (Å²) >= 11 is 0. The summed E-state index contributed by atoms with van der Waals surface area (Å²) in [6.45, 7) is 8.06. The molecule has 0 aliphatic carbocycles. The van der Waals surface area contributed by atoms with Crippen molar-refractivity contribution in [1.29, 1.82) is 0 Å². The van der Waals surface area contributed by atoms with Crippen molar-refractivity contribution in [3.8, 4) is 11.8 Å². The zero-order chi connectivity index (χ0) is 12.1. The van der Waals surface area contributed by atoms with Crippen LogP contribution in [0.4, 0.5) is 0 Å². The van der Waals surface area contributed by atoms with Gasteiger partial charge in [-0.05, 0) is 43.4 Å². The smallest absolute Gasteiger partial charge is 0.139 e. The van der Waals surface area contributed by atoms with Crippen LogP contribution in [-0.4, -0.2) is 19.6 Å². The Hall–Kier alpha value is -0.970. The van der Waals surface area contributed by atoms with Gasteiger partial charge < -0.3 is 17.3 Å². The van der Waals surface area contributed by atoms with Crippen molar-refractivity contribution in [2.75, 3.05) is 19.6 Å². The second-order valence-corrected chi connectivity index (χ2v) is 5.30. The van der Waals surface area contributed by atoms with Crippen molar-refractivity contribution >= 4 is 0 Å². The van der Waals surface area contributed by atoms with Gasteiger partial charge in [-0.3, -0.25) is 0 Å². The zero-order valence-electron chi connectivity index (χ0n) is 11.3. The van der Waals surface area contributed by atoms with E-state index in [1.165, 1.54) is 31.5 Å². The molecule has 0 aromatic heterocycles. The number of hydrogen-bond donors (Lipinski definition) is 1. The van der Waals surface area contributed by atoms with Gasteiger partial charge >= 0.3 is 0 Å². The highest BCUT2D eigenvalue weighted by Gasteiger charge is 2.17. The Morgan fingerprint density at radius 2 is 2.22 bits per heavy atom. The van der Waals surface area contributed by atoms with Crippen LogP contribution in [0.2, 0.25) is 0 Å². The molecule has 1 nitrogen and oxygen atoms in total. The van der Waals surface area contributed by atoms with E-state index in [1.54, 1.807) is 4.90 Å². The second kappa shape index (κ2) is 7.46. The van der Waals surface area contributed by atoms with Crippen molar-refractivity contribution in [3.05, 3.63) is 35.4 Å². The summed E-state index contributed by atoms with van der Waals surface area (Å²) in [5.74, 6) is 7.48. The van der Waals surface area contributed by atoms with Crippen LogP contribution in [-0.2, 0) is 0 Å². The molecule has 1 fully saturated rings. The lowest BCUT2D eigenvalue weighted by atomic mass is 10.0. The van der Waals surface area contributed by atoms with Crippen LogP contribution in [0.25, 0.3) is 0 Å². The van der Waals surface area contributed by atoms with Gasteiger partial charge in [0.2, 0.25) is 0 Å². The number of quaternary nitrogens is 1. The van der Waals surface area contributed by atoms with Crippen molar-refractivity contribution in [1.82, 2.24) is 0 Å². The van der Waals surface area contributed by atoms with E-state index >= 15 is 0 Å². The third-order valence-corrected chi connectivity index (χ3v) is 3.45. The topological polar surface area (TPSA) is 4.44 Å². The van der Waals surface area contributed by atoms with E-state index < -0.39 is 0 Å². The molecule has 1 saturated heterocycles. The first-order valence-electron chi connectivity index (χ1n) is 6.63. The lowest BCUT2D eigenvalue weighted by Gasteiger charge is -2.26. The number of hydrogen-bond acceptors (Lipinski definition) is 0. The number of halogens is 1. The summed E-state index contributed by atoms with van der Waals surface area (Å²) in [4.78, 5) is 1.66.